The molecule has 1 fully saturated rings. The van der Waals surface area contributed by atoms with Crippen molar-refractivity contribution in [3.8, 4) is 0 Å². The molecule has 1 heterocycles. The van der Waals surface area contributed by atoms with Crippen molar-refractivity contribution < 1.29 is 13.6 Å². The van der Waals surface area contributed by atoms with Crippen LogP contribution in [0.25, 0.3) is 0 Å². The lowest BCUT2D eigenvalue weighted by Gasteiger charge is -2.20. The maximum absolute atomic E-state index is 5.55. The van der Waals surface area contributed by atoms with Crippen LogP contribution in [0, 0.1) is 0 Å². The van der Waals surface area contributed by atoms with Gasteiger partial charge in [-0.05, 0) is 12.8 Å². The average Bonchev–Trinajstić information content (AvgIpc) is 2.38. The van der Waals surface area contributed by atoms with Crippen molar-refractivity contribution in [2.45, 2.75) is 64.7 Å². The van der Waals surface area contributed by atoms with Gasteiger partial charge in [-0.15, -0.1) is 0 Å². The van der Waals surface area contributed by atoms with Gasteiger partial charge in [-0.3, -0.25) is 0 Å². The molecule has 17 heavy (non-hydrogen) atoms. The Morgan fingerprint density at radius 1 is 0.882 bits per heavy atom. The molecule has 1 rings (SSSR count). The van der Waals surface area contributed by atoms with E-state index in [2.05, 4.69) is 6.92 Å². The molecule has 4 heteroatoms. The molecule has 0 aromatic rings. The highest BCUT2D eigenvalue weighted by atomic mass is 31.2. The van der Waals surface area contributed by atoms with Gasteiger partial charge in [0, 0.05) is 0 Å². The molecule has 0 aromatic heterocycles. The smallest absolute Gasteiger partial charge is 0.312 e. The van der Waals surface area contributed by atoms with Gasteiger partial charge in [-0.25, -0.2) is 0 Å². The molecular formula is C13H27O3P. The predicted molar refractivity (Wildman–Crippen MR) is 72.0 cm³/mol. The van der Waals surface area contributed by atoms with Crippen LogP contribution in [0.3, 0.4) is 0 Å². The Hall–Kier alpha value is 0.310. The van der Waals surface area contributed by atoms with E-state index in [9.17, 15) is 0 Å². The monoisotopic (exact) mass is 262 g/mol. The van der Waals surface area contributed by atoms with E-state index >= 15 is 0 Å². The van der Waals surface area contributed by atoms with Gasteiger partial charge in [-0.1, -0.05) is 51.9 Å². The molecule has 0 aliphatic carbocycles. The van der Waals surface area contributed by atoms with Crippen LogP contribution in [0.4, 0.5) is 0 Å². The van der Waals surface area contributed by atoms with E-state index in [1.54, 1.807) is 0 Å². The summed E-state index contributed by atoms with van der Waals surface area (Å²) in [6.45, 7) is 4.64. The average molecular weight is 262 g/mol. The summed E-state index contributed by atoms with van der Waals surface area (Å²) in [5.41, 5.74) is 0. The fourth-order valence-electron chi connectivity index (χ4n) is 1.82. The van der Waals surface area contributed by atoms with Gasteiger partial charge in [0.2, 0.25) is 0 Å². The maximum Gasteiger partial charge on any atom is 0.332 e. The zero-order valence-electron chi connectivity index (χ0n) is 11.2. The second kappa shape index (κ2) is 11.4. The van der Waals surface area contributed by atoms with Crippen LogP contribution in [-0.2, 0) is 13.6 Å². The van der Waals surface area contributed by atoms with Crippen molar-refractivity contribution in [3.63, 3.8) is 0 Å². The van der Waals surface area contributed by atoms with E-state index in [4.69, 9.17) is 13.6 Å². The normalized spacial score (nSPS) is 17.5. The molecule has 1 saturated heterocycles. The lowest BCUT2D eigenvalue weighted by Crippen LogP contribution is -2.07. The zero-order valence-corrected chi connectivity index (χ0v) is 12.1. The van der Waals surface area contributed by atoms with E-state index in [1.165, 1.54) is 44.9 Å². The summed E-state index contributed by atoms with van der Waals surface area (Å²) < 4.78 is 16.3. The highest BCUT2D eigenvalue weighted by molar-refractivity contribution is 7.41. The van der Waals surface area contributed by atoms with Crippen LogP contribution in [-0.4, -0.2) is 19.8 Å². The van der Waals surface area contributed by atoms with Crippen molar-refractivity contribution >= 4 is 8.60 Å². The fraction of sp³-hybridized carbons (Fsp3) is 1.00. The SMILES string of the molecule is CCCCCCCCCCOP1OCCCO1. The Morgan fingerprint density at radius 3 is 2.12 bits per heavy atom. The second-order valence-corrected chi connectivity index (χ2v) is 5.77. The summed E-state index contributed by atoms with van der Waals surface area (Å²) in [5.74, 6) is 0. The molecule has 0 bridgehead atoms. The largest absolute Gasteiger partial charge is 0.332 e. The third-order valence-corrected chi connectivity index (χ3v) is 4.06. The zero-order chi connectivity index (χ0) is 12.2. The van der Waals surface area contributed by atoms with Crippen LogP contribution in [0.15, 0.2) is 0 Å². The minimum Gasteiger partial charge on any atom is -0.312 e. The molecule has 0 spiro atoms. The van der Waals surface area contributed by atoms with Gasteiger partial charge in [0.05, 0.1) is 19.8 Å². The Balaban J connectivity index is 1.75. The van der Waals surface area contributed by atoms with E-state index in [0.29, 0.717) is 0 Å². The lowest BCUT2D eigenvalue weighted by molar-refractivity contribution is 0.114. The van der Waals surface area contributed by atoms with Crippen LogP contribution >= 0.6 is 8.60 Å². The Labute approximate surface area is 107 Å². The molecule has 3 nitrogen and oxygen atoms in total. The Kier molecular flexibility index (Phi) is 10.3. The molecule has 0 amide bonds. The summed E-state index contributed by atoms with van der Waals surface area (Å²) >= 11 is 0. The van der Waals surface area contributed by atoms with Crippen molar-refractivity contribution in [1.82, 2.24) is 0 Å². The molecule has 0 saturated carbocycles. The van der Waals surface area contributed by atoms with Crippen molar-refractivity contribution in [1.29, 1.82) is 0 Å². The predicted octanol–water partition coefficient (Wildman–Crippen LogP) is 4.81. The summed E-state index contributed by atoms with van der Waals surface area (Å²) in [5, 5.41) is 0. The third-order valence-electron chi connectivity index (χ3n) is 2.88. The maximum atomic E-state index is 5.55. The number of hydrogen-bond acceptors (Lipinski definition) is 3. The summed E-state index contributed by atoms with van der Waals surface area (Å²) in [6, 6.07) is 0. The van der Waals surface area contributed by atoms with Gasteiger partial charge in [0.15, 0.2) is 0 Å². The van der Waals surface area contributed by atoms with Crippen molar-refractivity contribution in [3.05, 3.63) is 0 Å². The van der Waals surface area contributed by atoms with Crippen LogP contribution in [0.2, 0.25) is 0 Å². The molecule has 1 aliphatic heterocycles. The van der Waals surface area contributed by atoms with Crippen LogP contribution in [0.1, 0.15) is 64.7 Å². The summed E-state index contributed by atoms with van der Waals surface area (Å²) in [6.07, 6.45) is 11.6. The van der Waals surface area contributed by atoms with E-state index in [-0.39, 0.29) is 0 Å². The molecule has 1 aliphatic rings. The topological polar surface area (TPSA) is 27.7 Å². The minimum atomic E-state index is -1.00. The first-order chi connectivity index (χ1) is 8.43. The van der Waals surface area contributed by atoms with Crippen molar-refractivity contribution in [2.24, 2.45) is 0 Å². The van der Waals surface area contributed by atoms with Gasteiger partial charge in [0.1, 0.15) is 0 Å². The number of hydrogen-bond donors (Lipinski definition) is 0. The van der Waals surface area contributed by atoms with Gasteiger partial charge in [0.25, 0.3) is 0 Å². The summed E-state index contributed by atoms with van der Waals surface area (Å²) in [7, 11) is -1.00. The molecule has 0 atom stereocenters. The van der Waals surface area contributed by atoms with E-state index < -0.39 is 8.60 Å². The molecule has 0 N–H and O–H groups in total. The fourth-order valence-corrected chi connectivity index (χ4v) is 2.88. The number of unbranched alkanes of at least 4 members (excludes halogenated alkanes) is 7. The molecule has 0 radical (unpaired) electrons. The second-order valence-electron chi connectivity index (χ2n) is 4.55. The van der Waals surface area contributed by atoms with Crippen LogP contribution < -0.4 is 0 Å². The first kappa shape index (κ1) is 15.4. The highest BCUT2D eigenvalue weighted by Gasteiger charge is 2.15. The number of rotatable bonds is 10. The van der Waals surface area contributed by atoms with E-state index in [1.807, 2.05) is 0 Å². The van der Waals surface area contributed by atoms with Gasteiger partial charge >= 0.3 is 8.60 Å². The quantitative estimate of drug-likeness (QED) is 0.418. The Morgan fingerprint density at radius 2 is 1.47 bits per heavy atom. The van der Waals surface area contributed by atoms with Gasteiger partial charge in [-0.2, -0.15) is 0 Å². The molecule has 0 aromatic carbocycles. The molecule has 102 valence electrons. The Bertz CT molecular complexity index is 161. The molecule has 0 unspecified atom stereocenters. The first-order valence-corrected chi connectivity index (χ1v) is 8.22. The van der Waals surface area contributed by atoms with E-state index in [0.717, 1.165) is 32.7 Å². The first-order valence-electron chi connectivity index (χ1n) is 7.12. The van der Waals surface area contributed by atoms with Crippen LogP contribution in [0.5, 0.6) is 0 Å². The standard InChI is InChI=1S/C13H27O3P/c1-2-3-4-5-6-7-8-9-11-14-17-15-12-10-13-16-17/h2-13H2,1H3. The van der Waals surface area contributed by atoms with Gasteiger partial charge < -0.3 is 13.6 Å². The third kappa shape index (κ3) is 8.96. The van der Waals surface area contributed by atoms with Crippen molar-refractivity contribution in [2.75, 3.05) is 19.8 Å². The lowest BCUT2D eigenvalue weighted by atomic mass is 10.1. The molecular weight excluding hydrogens is 235 g/mol. The summed E-state index contributed by atoms with van der Waals surface area (Å²) in [4.78, 5) is 0. The minimum absolute atomic E-state index is 0.792. The highest BCUT2D eigenvalue weighted by Crippen LogP contribution is 2.42.